The van der Waals surface area contributed by atoms with Gasteiger partial charge in [0.1, 0.15) is 0 Å². The maximum atomic E-state index is 7.61. The molecule has 3 nitrogen and oxygen atoms in total. The van der Waals surface area contributed by atoms with E-state index in [-0.39, 0.29) is 18.4 Å². The molecule has 0 aliphatic carbocycles. The maximum absolute atomic E-state index is 7.61. The minimum Gasteiger partial charge on any atom is -0.245 e. The minimum atomic E-state index is -0.0854. The van der Waals surface area contributed by atoms with Crippen molar-refractivity contribution in [3.8, 4) is 0 Å². The van der Waals surface area contributed by atoms with Crippen LogP contribution in [0.15, 0.2) is 42.7 Å². The molecule has 0 bridgehead atoms. The van der Waals surface area contributed by atoms with E-state index in [1.807, 2.05) is 37.3 Å². The third kappa shape index (κ3) is 1.59. The number of hydrogen-bond donors (Lipinski definition) is 0. The highest BCUT2D eigenvalue weighted by atomic mass is 15.4. The third-order valence-electron chi connectivity index (χ3n) is 2.00. The highest BCUT2D eigenvalue weighted by molar-refractivity contribution is 5.18. The van der Waals surface area contributed by atoms with Gasteiger partial charge >= 0.3 is 0 Å². The van der Waals surface area contributed by atoms with Crippen LogP contribution >= 0.6 is 0 Å². The molecule has 66 valence electrons. The summed E-state index contributed by atoms with van der Waals surface area (Å²) in [6.07, 6.45) is -0.0378. The summed E-state index contributed by atoms with van der Waals surface area (Å²) in [5.41, 5.74) is 1.05. The molecule has 0 fully saturated rings. The summed E-state index contributed by atoms with van der Waals surface area (Å²) in [6.45, 7) is 1.93. The van der Waals surface area contributed by atoms with Crippen molar-refractivity contribution in [1.29, 1.82) is 0 Å². The first-order chi connectivity index (χ1) is 7.20. The predicted octanol–water partition coefficient (Wildman–Crippen LogP) is 1.89. The lowest BCUT2D eigenvalue weighted by molar-refractivity contribution is 0.543. The van der Waals surface area contributed by atoms with Crippen LogP contribution in [-0.2, 0) is 0 Å². The van der Waals surface area contributed by atoms with Gasteiger partial charge in [0.15, 0.2) is 0 Å². The quantitative estimate of drug-likeness (QED) is 0.697. The number of aromatic nitrogens is 3. The van der Waals surface area contributed by atoms with Crippen molar-refractivity contribution in [2.24, 2.45) is 0 Å². The maximum Gasteiger partial charge on any atom is 0.0877 e. The first kappa shape index (κ1) is 5.91. The van der Waals surface area contributed by atoms with Gasteiger partial charge in [-0.05, 0) is 12.5 Å². The molecule has 0 spiro atoms. The van der Waals surface area contributed by atoms with Gasteiger partial charge in [-0.25, -0.2) is 4.68 Å². The monoisotopic (exact) mass is 175 g/mol. The average Bonchev–Trinajstić information content (AvgIpc) is 2.60. The van der Waals surface area contributed by atoms with Gasteiger partial charge in [0.2, 0.25) is 0 Å². The van der Waals surface area contributed by atoms with Gasteiger partial charge in [-0.1, -0.05) is 35.5 Å². The van der Waals surface area contributed by atoms with E-state index in [0.717, 1.165) is 5.56 Å². The Morgan fingerprint density at radius 2 is 2.15 bits per heavy atom. The highest BCUT2D eigenvalue weighted by Crippen LogP contribution is 2.14. The minimum absolute atomic E-state index is 0.0475. The predicted molar refractivity (Wildman–Crippen MR) is 50.3 cm³/mol. The van der Waals surface area contributed by atoms with E-state index in [1.54, 1.807) is 0 Å². The lowest BCUT2D eigenvalue weighted by Gasteiger charge is -2.10. The van der Waals surface area contributed by atoms with Crippen molar-refractivity contribution in [2.75, 3.05) is 0 Å². The van der Waals surface area contributed by atoms with E-state index < -0.39 is 0 Å². The third-order valence-corrected chi connectivity index (χ3v) is 2.00. The normalized spacial score (nSPS) is 14.8. The fraction of sp³-hybridized carbons (Fsp3) is 0.200. The number of rotatable bonds is 2. The van der Waals surface area contributed by atoms with E-state index in [4.69, 9.17) is 2.74 Å². The van der Waals surface area contributed by atoms with E-state index >= 15 is 0 Å². The summed E-state index contributed by atoms with van der Waals surface area (Å²) in [5, 5.41) is 7.34. The summed E-state index contributed by atoms with van der Waals surface area (Å²) >= 11 is 0. The van der Waals surface area contributed by atoms with Crippen molar-refractivity contribution >= 4 is 0 Å². The number of benzene rings is 1. The molecule has 0 saturated heterocycles. The molecule has 1 heterocycles. The van der Waals surface area contributed by atoms with Gasteiger partial charge < -0.3 is 0 Å². The van der Waals surface area contributed by atoms with Crippen molar-refractivity contribution in [3.05, 3.63) is 48.2 Å². The molecule has 2 aromatic rings. The molecule has 0 amide bonds. The Morgan fingerprint density at radius 3 is 2.77 bits per heavy atom. The topological polar surface area (TPSA) is 30.7 Å². The van der Waals surface area contributed by atoms with Crippen molar-refractivity contribution in [3.63, 3.8) is 0 Å². The molecule has 0 N–H and O–H groups in total. The zero-order valence-electron chi connectivity index (χ0n) is 9.31. The Balaban J connectivity index is 2.37. The molecule has 1 unspecified atom stereocenters. The molecule has 0 saturated carbocycles. The van der Waals surface area contributed by atoms with Gasteiger partial charge in [-0.3, -0.25) is 0 Å². The molecular weight excluding hydrogens is 162 g/mol. The van der Waals surface area contributed by atoms with E-state index in [1.165, 1.54) is 4.68 Å². The van der Waals surface area contributed by atoms with Gasteiger partial charge in [-0.15, -0.1) is 5.10 Å². The Kier molecular flexibility index (Phi) is 1.54. The second-order valence-electron chi connectivity index (χ2n) is 2.84. The van der Waals surface area contributed by atoms with Crippen LogP contribution in [0.25, 0.3) is 0 Å². The van der Waals surface area contributed by atoms with Gasteiger partial charge in [0.05, 0.1) is 15.0 Å². The molecule has 13 heavy (non-hydrogen) atoms. The fourth-order valence-corrected chi connectivity index (χ4v) is 1.21. The molecule has 1 atom stereocenters. The lowest BCUT2D eigenvalue weighted by atomic mass is 10.1. The molecule has 0 radical (unpaired) electrons. The Morgan fingerprint density at radius 1 is 1.38 bits per heavy atom. The van der Waals surface area contributed by atoms with Crippen LogP contribution in [0.5, 0.6) is 0 Å². The van der Waals surface area contributed by atoms with E-state index in [0.29, 0.717) is 0 Å². The molecule has 1 aromatic heterocycles. The molecule has 0 aliphatic heterocycles. The Hall–Kier alpha value is -1.64. The molecule has 3 heteroatoms. The van der Waals surface area contributed by atoms with Crippen molar-refractivity contribution in [2.45, 2.75) is 13.0 Å². The van der Waals surface area contributed by atoms with E-state index in [9.17, 15) is 0 Å². The first-order valence-corrected chi connectivity index (χ1v) is 4.13. The average molecular weight is 175 g/mol. The summed E-state index contributed by atoms with van der Waals surface area (Å²) in [5.74, 6) is 0. The van der Waals surface area contributed by atoms with Crippen molar-refractivity contribution < 1.29 is 2.74 Å². The van der Waals surface area contributed by atoms with Gasteiger partial charge in [0, 0.05) is 6.17 Å². The summed E-state index contributed by atoms with van der Waals surface area (Å²) in [7, 11) is 0. The SMILES string of the molecule is [2H]c1nnn(C(C)c2ccccc2)c1[2H]. The fourth-order valence-electron chi connectivity index (χ4n) is 1.21. The van der Waals surface area contributed by atoms with E-state index in [2.05, 4.69) is 10.3 Å². The number of hydrogen-bond acceptors (Lipinski definition) is 2. The molecular formula is C10H11N3. The summed E-state index contributed by atoms with van der Waals surface area (Å²) in [6, 6.07) is 9.69. The van der Waals surface area contributed by atoms with Crippen LogP contribution in [0.2, 0.25) is 0 Å². The highest BCUT2D eigenvalue weighted by Gasteiger charge is 2.06. The second kappa shape index (κ2) is 3.39. The zero-order valence-corrected chi connectivity index (χ0v) is 7.31. The molecule has 2 rings (SSSR count). The zero-order chi connectivity index (χ0) is 10.8. The molecule has 1 aromatic carbocycles. The van der Waals surface area contributed by atoms with Gasteiger partial charge in [-0.2, -0.15) is 0 Å². The first-order valence-electron chi connectivity index (χ1n) is 5.13. The summed E-state index contributed by atoms with van der Waals surface area (Å²) in [4.78, 5) is 0. The largest absolute Gasteiger partial charge is 0.245 e. The summed E-state index contributed by atoms with van der Waals surface area (Å²) < 4.78 is 16.4. The lowest BCUT2D eigenvalue weighted by Crippen LogP contribution is -2.07. The molecule has 0 aliphatic rings. The smallest absolute Gasteiger partial charge is 0.0877 e. The number of nitrogens with zero attached hydrogens (tertiary/aromatic N) is 3. The second-order valence-corrected chi connectivity index (χ2v) is 2.84. The Bertz CT molecular complexity index is 453. The van der Waals surface area contributed by atoms with Crippen LogP contribution in [-0.4, -0.2) is 15.0 Å². The van der Waals surface area contributed by atoms with Crippen LogP contribution < -0.4 is 0 Å². The Labute approximate surface area is 79.8 Å². The van der Waals surface area contributed by atoms with Crippen LogP contribution in [0.4, 0.5) is 0 Å². The standard InChI is InChI=1S/C10H11N3/c1-9(13-8-7-11-12-13)10-5-3-2-4-6-10/h2-9H,1H3/i7D,8D. The van der Waals surface area contributed by atoms with Crippen LogP contribution in [0.1, 0.15) is 21.3 Å². The van der Waals surface area contributed by atoms with Crippen molar-refractivity contribution in [1.82, 2.24) is 15.0 Å². The van der Waals surface area contributed by atoms with Gasteiger partial charge in [0.25, 0.3) is 0 Å². The van der Waals surface area contributed by atoms with Crippen LogP contribution in [0, 0.1) is 0 Å². The van der Waals surface area contributed by atoms with Crippen LogP contribution in [0.3, 0.4) is 0 Å².